The lowest BCUT2D eigenvalue weighted by Crippen LogP contribution is -2.51. The molecule has 1 N–H and O–H groups in total. The zero-order chi connectivity index (χ0) is 26.8. The van der Waals surface area contributed by atoms with E-state index in [1.165, 1.54) is 0 Å². The van der Waals surface area contributed by atoms with Crippen LogP contribution in [0.4, 0.5) is 5.69 Å². The van der Waals surface area contributed by atoms with Crippen molar-refractivity contribution in [2.75, 3.05) is 57.7 Å². The molecule has 0 radical (unpaired) electrons. The van der Waals surface area contributed by atoms with Gasteiger partial charge in [0.1, 0.15) is 41.2 Å². The van der Waals surface area contributed by atoms with Crippen molar-refractivity contribution in [2.24, 2.45) is 4.99 Å². The van der Waals surface area contributed by atoms with Crippen molar-refractivity contribution in [3.8, 4) is 17.2 Å². The van der Waals surface area contributed by atoms with E-state index in [1.54, 1.807) is 5.06 Å². The third-order valence-corrected chi connectivity index (χ3v) is 6.99. The fourth-order valence-electron chi connectivity index (χ4n) is 4.95. The summed E-state index contributed by atoms with van der Waals surface area (Å²) in [5.74, 6) is 2.79. The number of nitrogens with zero attached hydrogens (tertiary/aromatic N) is 6. The van der Waals surface area contributed by atoms with E-state index in [0.29, 0.717) is 42.8 Å². The van der Waals surface area contributed by atoms with E-state index in [4.69, 9.17) is 18.5 Å². The Bertz CT molecular complexity index is 1420. The van der Waals surface area contributed by atoms with Crippen molar-refractivity contribution in [3.05, 3.63) is 60.0 Å². The first-order valence-electron chi connectivity index (χ1n) is 13.1. The standard InChI is InChI=1S/C28H32N6O5/c1-19-27(20(2)39-31-19)34-26(29-18-37-34)16-33-12-10-32(11-13-33)15-22(35)17-36-23-8-9-25-24(14-23)30-28(38-25)21-6-4-3-5-7-21/h3-9,14,22,35H,10-13,15-18H2,1-2H3/t22-/m1/s1. The molecule has 0 bridgehead atoms. The summed E-state index contributed by atoms with van der Waals surface area (Å²) in [4.78, 5) is 19.5. The van der Waals surface area contributed by atoms with Crippen LogP contribution in [-0.2, 0) is 4.84 Å². The number of aliphatic hydroxyl groups is 1. The number of hydrogen-bond acceptors (Lipinski definition) is 11. The van der Waals surface area contributed by atoms with Gasteiger partial charge in [0.25, 0.3) is 0 Å². The quantitative estimate of drug-likeness (QED) is 0.345. The van der Waals surface area contributed by atoms with Gasteiger partial charge < -0.3 is 18.8 Å². The van der Waals surface area contributed by atoms with Gasteiger partial charge in [-0.1, -0.05) is 23.4 Å². The van der Waals surface area contributed by atoms with Gasteiger partial charge >= 0.3 is 0 Å². The van der Waals surface area contributed by atoms with Gasteiger partial charge in [0.15, 0.2) is 18.1 Å². The highest BCUT2D eigenvalue weighted by Gasteiger charge is 2.29. The van der Waals surface area contributed by atoms with Crippen LogP contribution in [0.5, 0.6) is 5.75 Å². The second-order valence-electron chi connectivity index (χ2n) is 9.86. The number of hydroxylamine groups is 1. The van der Waals surface area contributed by atoms with Gasteiger partial charge in [-0.05, 0) is 38.1 Å². The third-order valence-electron chi connectivity index (χ3n) is 6.99. The van der Waals surface area contributed by atoms with Crippen molar-refractivity contribution in [1.29, 1.82) is 0 Å². The van der Waals surface area contributed by atoms with Crippen molar-refractivity contribution in [1.82, 2.24) is 19.9 Å². The van der Waals surface area contributed by atoms with E-state index in [0.717, 1.165) is 54.5 Å². The molecule has 1 atom stereocenters. The van der Waals surface area contributed by atoms with Crippen molar-refractivity contribution >= 4 is 22.6 Å². The van der Waals surface area contributed by atoms with Crippen molar-refractivity contribution in [3.63, 3.8) is 0 Å². The average molecular weight is 533 g/mol. The largest absolute Gasteiger partial charge is 0.491 e. The van der Waals surface area contributed by atoms with Gasteiger partial charge in [0.05, 0.1) is 6.54 Å². The molecule has 11 heteroatoms. The molecule has 6 rings (SSSR count). The highest BCUT2D eigenvalue weighted by molar-refractivity contribution is 5.99. The smallest absolute Gasteiger partial charge is 0.227 e. The molecule has 2 aliphatic rings. The van der Waals surface area contributed by atoms with E-state index in [-0.39, 0.29) is 6.61 Å². The van der Waals surface area contributed by atoms with Crippen molar-refractivity contribution < 1.29 is 23.6 Å². The highest BCUT2D eigenvalue weighted by atomic mass is 16.7. The van der Waals surface area contributed by atoms with E-state index in [1.807, 2.05) is 62.4 Å². The fraction of sp³-hybridized carbons (Fsp3) is 0.393. The first kappa shape index (κ1) is 25.5. The second kappa shape index (κ2) is 11.1. The second-order valence-corrected chi connectivity index (χ2v) is 9.86. The molecule has 2 aromatic heterocycles. The molecule has 0 spiro atoms. The topological polar surface area (TPSA) is 113 Å². The Labute approximate surface area is 226 Å². The molecule has 39 heavy (non-hydrogen) atoms. The number of ether oxygens (including phenoxy) is 1. The molecule has 0 aliphatic carbocycles. The molecule has 0 unspecified atom stereocenters. The lowest BCUT2D eigenvalue weighted by Gasteiger charge is -2.36. The Hall–Kier alpha value is -3.77. The predicted molar refractivity (Wildman–Crippen MR) is 146 cm³/mol. The molecular formula is C28H32N6O5. The summed E-state index contributed by atoms with van der Waals surface area (Å²) >= 11 is 0. The molecule has 0 amide bonds. The summed E-state index contributed by atoms with van der Waals surface area (Å²) < 4.78 is 17.1. The van der Waals surface area contributed by atoms with Gasteiger partial charge in [0, 0.05) is 44.4 Å². The number of amidine groups is 1. The Morgan fingerprint density at radius 2 is 1.82 bits per heavy atom. The number of aliphatic imine (C=N–C) groups is 1. The SMILES string of the molecule is Cc1noc(C)c1N1OCN=C1CN1CCN(C[C@@H](O)COc2ccc3oc(-c4ccccc4)nc3c2)CC1. The number of benzene rings is 2. The van der Waals surface area contributed by atoms with Crippen LogP contribution in [0, 0.1) is 13.8 Å². The zero-order valence-electron chi connectivity index (χ0n) is 22.1. The maximum Gasteiger partial charge on any atom is 0.227 e. The van der Waals surface area contributed by atoms with Gasteiger partial charge in [-0.15, -0.1) is 0 Å². The van der Waals surface area contributed by atoms with Crippen LogP contribution >= 0.6 is 0 Å². The third kappa shape index (κ3) is 5.66. The minimum atomic E-state index is -0.605. The number of aliphatic hydroxyl groups excluding tert-OH is 1. The number of piperazine rings is 1. The minimum absolute atomic E-state index is 0.204. The molecule has 2 aromatic carbocycles. The monoisotopic (exact) mass is 532 g/mol. The summed E-state index contributed by atoms with van der Waals surface area (Å²) in [6, 6.07) is 15.3. The Morgan fingerprint density at radius 1 is 1.03 bits per heavy atom. The van der Waals surface area contributed by atoms with E-state index in [9.17, 15) is 5.11 Å². The molecule has 4 heterocycles. The number of anilines is 1. The van der Waals surface area contributed by atoms with Crippen LogP contribution in [0.3, 0.4) is 0 Å². The number of hydrogen-bond donors (Lipinski definition) is 1. The fourth-order valence-corrected chi connectivity index (χ4v) is 4.95. The average Bonchev–Trinajstić information content (AvgIpc) is 3.67. The van der Waals surface area contributed by atoms with Crippen molar-refractivity contribution in [2.45, 2.75) is 20.0 Å². The summed E-state index contributed by atoms with van der Waals surface area (Å²) in [5, 5.41) is 16.4. The number of β-amino-alcohol motifs (C(OH)–C–C–N with tert-alkyl or cyclic N) is 1. The zero-order valence-corrected chi connectivity index (χ0v) is 22.1. The Morgan fingerprint density at radius 3 is 2.59 bits per heavy atom. The normalized spacial score (nSPS) is 17.6. The predicted octanol–water partition coefficient (Wildman–Crippen LogP) is 3.26. The molecule has 204 valence electrons. The maximum absolute atomic E-state index is 10.6. The number of aromatic nitrogens is 2. The number of rotatable bonds is 9. The Kier molecular flexibility index (Phi) is 7.29. The van der Waals surface area contributed by atoms with Gasteiger partial charge in [-0.2, -0.15) is 5.06 Å². The molecule has 4 aromatic rings. The number of oxazole rings is 1. The molecular weight excluding hydrogens is 500 g/mol. The van der Waals surface area contributed by atoms with Crippen LogP contribution < -0.4 is 9.80 Å². The van der Waals surface area contributed by atoms with Crippen LogP contribution in [0.1, 0.15) is 11.5 Å². The molecule has 1 saturated heterocycles. The summed E-state index contributed by atoms with van der Waals surface area (Å²) in [6.45, 7) is 8.94. The van der Waals surface area contributed by atoms with Gasteiger partial charge in [-0.25, -0.2) is 14.8 Å². The lowest BCUT2D eigenvalue weighted by atomic mass is 10.2. The van der Waals surface area contributed by atoms with E-state index in [2.05, 4.69) is 24.9 Å². The molecule has 11 nitrogen and oxygen atoms in total. The summed E-state index contributed by atoms with van der Waals surface area (Å²) in [5.41, 5.74) is 3.95. The highest BCUT2D eigenvalue weighted by Crippen LogP contribution is 2.28. The summed E-state index contributed by atoms with van der Waals surface area (Å²) in [7, 11) is 0. The van der Waals surface area contributed by atoms with Crippen LogP contribution in [0.15, 0.2) is 62.5 Å². The first-order chi connectivity index (χ1) is 19.0. The molecule has 1 fully saturated rings. The Balaban J connectivity index is 0.968. The van der Waals surface area contributed by atoms with Crippen LogP contribution in [0.25, 0.3) is 22.6 Å². The van der Waals surface area contributed by atoms with E-state index < -0.39 is 6.10 Å². The van der Waals surface area contributed by atoms with Crippen LogP contribution in [0.2, 0.25) is 0 Å². The summed E-state index contributed by atoms with van der Waals surface area (Å²) in [6.07, 6.45) is -0.605. The minimum Gasteiger partial charge on any atom is -0.491 e. The maximum atomic E-state index is 10.6. The number of aryl methyl sites for hydroxylation is 2. The van der Waals surface area contributed by atoms with E-state index >= 15 is 0 Å². The molecule has 2 aliphatic heterocycles. The molecule has 0 saturated carbocycles. The van der Waals surface area contributed by atoms with Crippen LogP contribution in [-0.4, -0.2) is 89.6 Å². The van der Waals surface area contributed by atoms with Gasteiger partial charge in [-0.3, -0.25) is 9.80 Å². The van der Waals surface area contributed by atoms with Gasteiger partial charge in [0.2, 0.25) is 5.89 Å². The lowest BCUT2D eigenvalue weighted by molar-refractivity contribution is 0.0486. The number of fused-ring (bicyclic) bond motifs is 1. The first-order valence-corrected chi connectivity index (χ1v) is 13.1.